The third-order valence-electron chi connectivity index (χ3n) is 3.55. The first-order chi connectivity index (χ1) is 10.8. The lowest BCUT2D eigenvalue weighted by atomic mass is 10.1. The predicted molar refractivity (Wildman–Crippen MR) is 87.1 cm³/mol. The van der Waals surface area contributed by atoms with Crippen LogP contribution in [0.5, 0.6) is 0 Å². The number of hydrogen-bond acceptors (Lipinski definition) is 4. The van der Waals surface area contributed by atoms with Gasteiger partial charge in [-0.15, -0.1) is 12.3 Å². The molecule has 0 radical (unpaired) electrons. The van der Waals surface area contributed by atoms with Crippen LogP contribution >= 0.6 is 0 Å². The zero-order chi connectivity index (χ0) is 15.4. The van der Waals surface area contributed by atoms with E-state index in [-0.39, 0.29) is 0 Å². The number of aromatic nitrogens is 4. The molecule has 0 fully saturated rings. The van der Waals surface area contributed by atoms with Crippen molar-refractivity contribution in [2.45, 2.75) is 25.8 Å². The molecule has 22 heavy (non-hydrogen) atoms. The monoisotopic (exact) mass is 291 g/mol. The van der Waals surface area contributed by atoms with Crippen LogP contribution in [0.3, 0.4) is 0 Å². The maximum atomic E-state index is 5.93. The molecule has 0 bridgehead atoms. The standard InChI is InChI=1S/C17H17N5/c1-2-3-7-10-22-14(11-13-8-5-4-6-9-13)21-15-16(18)19-12-20-17(15)22/h1,4-6,8-9,12H,3,7,10-11H2,(H2,18,19,20). The van der Waals surface area contributed by atoms with Gasteiger partial charge in [-0.05, 0) is 12.0 Å². The Labute approximate surface area is 129 Å². The molecule has 0 amide bonds. The molecule has 3 rings (SSSR count). The molecule has 2 heterocycles. The quantitative estimate of drug-likeness (QED) is 0.579. The van der Waals surface area contributed by atoms with Crippen LogP contribution in [0, 0.1) is 12.3 Å². The van der Waals surface area contributed by atoms with Gasteiger partial charge in [-0.2, -0.15) is 0 Å². The number of nitrogen functional groups attached to an aromatic ring is 1. The normalized spacial score (nSPS) is 10.7. The summed E-state index contributed by atoms with van der Waals surface area (Å²) in [6.07, 6.45) is 9.16. The summed E-state index contributed by atoms with van der Waals surface area (Å²) in [5, 5.41) is 0. The number of terminal acetylenes is 1. The topological polar surface area (TPSA) is 69.6 Å². The fourth-order valence-corrected chi connectivity index (χ4v) is 2.49. The highest BCUT2D eigenvalue weighted by Gasteiger charge is 2.14. The number of imidazole rings is 1. The second-order valence-electron chi connectivity index (χ2n) is 5.08. The molecule has 2 aromatic heterocycles. The molecule has 5 heteroatoms. The van der Waals surface area contributed by atoms with Crippen molar-refractivity contribution >= 4 is 17.0 Å². The molecular formula is C17H17N5. The highest BCUT2D eigenvalue weighted by Crippen LogP contribution is 2.20. The fourth-order valence-electron chi connectivity index (χ4n) is 2.49. The smallest absolute Gasteiger partial charge is 0.165 e. The average molecular weight is 291 g/mol. The summed E-state index contributed by atoms with van der Waals surface area (Å²) in [7, 11) is 0. The number of aryl methyl sites for hydroxylation is 1. The van der Waals surface area contributed by atoms with E-state index in [1.807, 2.05) is 18.2 Å². The van der Waals surface area contributed by atoms with Gasteiger partial charge in [0.1, 0.15) is 12.2 Å². The first-order valence-electron chi connectivity index (χ1n) is 7.22. The maximum Gasteiger partial charge on any atom is 0.165 e. The number of benzene rings is 1. The van der Waals surface area contributed by atoms with Crippen molar-refractivity contribution in [2.24, 2.45) is 0 Å². The Morgan fingerprint density at radius 2 is 2.00 bits per heavy atom. The third kappa shape index (κ3) is 2.77. The highest BCUT2D eigenvalue weighted by atomic mass is 15.1. The lowest BCUT2D eigenvalue weighted by Gasteiger charge is -2.07. The number of nitrogens with zero attached hydrogens (tertiary/aromatic N) is 4. The Morgan fingerprint density at radius 3 is 2.77 bits per heavy atom. The molecule has 1 aromatic carbocycles. The number of hydrogen-bond donors (Lipinski definition) is 1. The van der Waals surface area contributed by atoms with Gasteiger partial charge in [0.25, 0.3) is 0 Å². The van der Waals surface area contributed by atoms with E-state index in [1.165, 1.54) is 11.9 Å². The molecule has 0 unspecified atom stereocenters. The number of nitrogens with two attached hydrogens (primary N) is 1. The minimum atomic E-state index is 0.412. The number of unbranched alkanes of at least 4 members (excludes halogenated alkanes) is 1. The first-order valence-corrected chi connectivity index (χ1v) is 7.22. The van der Waals surface area contributed by atoms with E-state index in [9.17, 15) is 0 Å². The summed E-state index contributed by atoms with van der Waals surface area (Å²) in [6.45, 7) is 0.777. The Hall–Kier alpha value is -2.87. The summed E-state index contributed by atoms with van der Waals surface area (Å²) in [5.74, 6) is 4.02. The zero-order valence-electron chi connectivity index (χ0n) is 12.2. The molecule has 0 saturated heterocycles. The van der Waals surface area contributed by atoms with Crippen LogP contribution in [0.25, 0.3) is 11.2 Å². The zero-order valence-corrected chi connectivity index (χ0v) is 12.2. The molecule has 0 spiro atoms. The van der Waals surface area contributed by atoms with Gasteiger partial charge >= 0.3 is 0 Å². The average Bonchev–Trinajstić information content (AvgIpc) is 2.88. The van der Waals surface area contributed by atoms with Gasteiger partial charge in [0.05, 0.1) is 0 Å². The molecule has 0 saturated carbocycles. The van der Waals surface area contributed by atoms with Crippen molar-refractivity contribution in [2.75, 3.05) is 5.73 Å². The third-order valence-corrected chi connectivity index (χ3v) is 3.55. The van der Waals surface area contributed by atoms with Crippen molar-refractivity contribution in [3.63, 3.8) is 0 Å². The summed E-state index contributed by atoms with van der Waals surface area (Å²) in [5.41, 5.74) is 8.56. The van der Waals surface area contributed by atoms with Gasteiger partial charge < -0.3 is 10.3 Å². The SMILES string of the molecule is C#CCCCn1c(Cc2ccccc2)nc2c(N)ncnc21. The molecule has 0 aliphatic carbocycles. The second-order valence-corrected chi connectivity index (χ2v) is 5.08. The highest BCUT2D eigenvalue weighted by molar-refractivity contribution is 5.81. The first kappa shape index (κ1) is 14.1. The van der Waals surface area contributed by atoms with Crippen LogP contribution in [0.4, 0.5) is 5.82 Å². The van der Waals surface area contributed by atoms with Crippen LogP contribution in [0.2, 0.25) is 0 Å². The van der Waals surface area contributed by atoms with Crippen LogP contribution in [-0.2, 0) is 13.0 Å². The van der Waals surface area contributed by atoms with Gasteiger partial charge in [-0.3, -0.25) is 0 Å². The number of rotatable bonds is 5. The van der Waals surface area contributed by atoms with Gasteiger partial charge in [-0.25, -0.2) is 15.0 Å². The maximum absolute atomic E-state index is 5.93. The van der Waals surface area contributed by atoms with E-state index in [1.54, 1.807) is 0 Å². The molecule has 0 atom stereocenters. The molecule has 0 aliphatic heterocycles. The van der Waals surface area contributed by atoms with Crippen LogP contribution in [0.1, 0.15) is 24.2 Å². The van der Waals surface area contributed by atoms with E-state index in [4.69, 9.17) is 12.2 Å². The molecular weight excluding hydrogens is 274 g/mol. The summed E-state index contributed by atoms with van der Waals surface area (Å²) in [4.78, 5) is 13.0. The number of anilines is 1. The lowest BCUT2D eigenvalue weighted by molar-refractivity contribution is 0.639. The van der Waals surface area contributed by atoms with Crippen molar-refractivity contribution in [3.05, 3.63) is 48.0 Å². The van der Waals surface area contributed by atoms with E-state index in [0.29, 0.717) is 11.3 Å². The van der Waals surface area contributed by atoms with Gasteiger partial charge in [0.2, 0.25) is 0 Å². The summed E-state index contributed by atoms with van der Waals surface area (Å²) < 4.78 is 2.09. The minimum absolute atomic E-state index is 0.412. The summed E-state index contributed by atoms with van der Waals surface area (Å²) in [6, 6.07) is 10.2. The van der Waals surface area contributed by atoms with Gasteiger partial charge in [-0.1, -0.05) is 30.3 Å². The largest absolute Gasteiger partial charge is 0.382 e. The number of fused-ring (bicyclic) bond motifs is 1. The van der Waals surface area contributed by atoms with Crippen molar-refractivity contribution in [1.29, 1.82) is 0 Å². The van der Waals surface area contributed by atoms with E-state index in [2.05, 4.69) is 37.6 Å². The molecule has 5 nitrogen and oxygen atoms in total. The second kappa shape index (κ2) is 6.27. The molecule has 3 aromatic rings. The predicted octanol–water partition coefficient (Wildman–Crippen LogP) is 2.41. The van der Waals surface area contributed by atoms with Crippen molar-refractivity contribution in [3.8, 4) is 12.3 Å². The van der Waals surface area contributed by atoms with E-state index >= 15 is 0 Å². The van der Waals surface area contributed by atoms with E-state index in [0.717, 1.165) is 37.3 Å². The molecule has 2 N–H and O–H groups in total. The van der Waals surface area contributed by atoms with Crippen LogP contribution in [-0.4, -0.2) is 19.5 Å². The fraction of sp³-hybridized carbons (Fsp3) is 0.235. The molecule has 0 aliphatic rings. The van der Waals surface area contributed by atoms with Crippen molar-refractivity contribution < 1.29 is 0 Å². The van der Waals surface area contributed by atoms with Crippen LogP contribution < -0.4 is 5.73 Å². The lowest BCUT2D eigenvalue weighted by Crippen LogP contribution is -2.05. The Kier molecular flexibility index (Phi) is 4.01. The van der Waals surface area contributed by atoms with Crippen LogP contribution in [0.15, 0.2) is 36.7 Å². The Morgan fingerprint density at radius 1 is 1.18 bits per heavy atom. The molecule has 110 valence electrons. The minimum Gasteiger partial charge on any atom is -0.382 e. The Balaban J connectivity index is 2.01. The van der Waals surface area contributed by atoms with E-state index < -0.39 is 0 Å². The van der Waals surface area contributed by atoms with Crippen molar-refractivity contribution in [1.82, 2.24) is 19.5 Å². The Bertz CT molecular complexity index is 814. The van der Waals surface area contributed by atoms with Gasteiger partial charge in [0, 0.05) is 19.4 Å². The summed E-state index contributed by atoms with van der Waals surface area (Å²) >= 11 is 0. The van der Waals surface area contributed by atoms with Gasteiger partial charge in [0.15, 0.2) is 17.0 Å².